The number of carbonyl (C=O) groups is 2. The van der Waals surface area contributed by atoms with Gasteiger partial charge in [0.05, 0.1) is 43.2 Å². The number of rotatable bonds is 10. The second-order valence-electron chi connectivity index (χ2n) is 9.96. The van der Waals surface area contributed by atoms with Crippen molar-refractivity contribution in [1.29, 1.82) is 0 Å². The number of carbonyl (C=O) groups excluding carboxylic acids is 2. The van der Waals surface area contributed by atoms with E-state index in [2.05, 4.69) is 5.32 Å². The summed E-state index contributed by atoms with van der Waals surface area (Å²) in [7, 11) is -1.04. The van der Waals surface area contributed by atoms with E-state index >= 15 is 0 Å². The van der Waals surface area contributed by atoms with Crippen molar-refractivity contribution in [2.75, 3.05) is 39.2 Å². The fourth-order valence-corrected chi connectivity index (χ4v) is 5.46. The molecule has 0 unspecified atom stereocenters. The lowest BCUT2D eigenvalue weighted by Gasteiger charge is -2.38. The first-order valence-corrected chi connectivity index (χ1v) is 14.3. The Morgan fingerprint density at radius 1 is 1.24 bits per heavy atom. The Balaban J connectivity index is 1.90. The molecule has 1 aliphatic rings. The normalized spacial score (nSPS) is 18.7. The minimum atomic E-state index is -4.49. The summed E-state index contributed by atoms with van der Waals surface area (Å²) in [5, 5.41) is 12.2. The average Bonchev–Trinajstić information content (AvgIpc) is 2.93. The predicted molar refractivity (Wildman–Crippen MR) is 144 cm³/mol. The zero-order valence-electron chi connectivity index (χ0n) is 23.1. The number of fused-ring (bicyclic) bond motifs is 1. The number of halogens is 3. The molecule has 0 aliphatic carbocycles. The van der Waals surface area contributed by atoms with Gasteiger partial charge in [-0.25, -0.2) is 8.42 Å². The van der Waals surface area contributed by atoms with Crippen molar-refractivity contribution in [3.05, 3.63) is 48.0 Å². The van der Waals surface area contributed by atoms with Crippen molar-refractivity contribution in [2.24, 2.45) is 5.92 Å². The molecule has 3 atom stereocenters. The first kappa shape index (κ1) is 32.2. The largest absolute Gasteiger partial charge is 0.497 e. The Kier molecular flexibility index (Phi) is 10.3. The summed E-state index contributed by atoms with van der Waals surface area (Å²) in [4.78, 5) is 27.1. The summed E-state index contributed by atoms with van der Waals surface area (Å²) in [6.07, 6.45) is -7.30. The van der Waals surface area contributed by atoms with Crippen LogP contribution in [0.4, 0.5) is 18.9 Å². The maximum Gasteiger partial charge on any atom is 0.389 e. The van der Waals surface area contributed by atoms with Crippen LogP contribution in [0.5, 0.6) is 11.5 Å². The molecule has 14 heteroatoms. The summed E-state index contributed by atoms with van der Waals surface area (Å²) in [5.74, 6) is -1.17. The van der Waals surface area contributed by atoms with Crippen molar-refractivity contribution in [2.45, 2.75) is 49.9 Å². The number of amides is 2. The third kappa shape index (κ3) is 8.11. The van der Waals surface area contributed by atoms with Crippen LogP contribution in [-0.2, 0) is 14.8 Å². The van der Waals surface area contributed by atoms with Crippen molar-refractivity contribution in [3.63, 3.8) is 0 Å². The number of ether oxygens (including phenoxy) is 2. The summed E-state index contributed by atoms with van der Waals surface area (Å²) in [6, 6.07) is 9.39. The quantitative estimate of drug-likeness (QED) is 0.427. The standard InChI is InChI=1S/C27H34F3N3O7S/c1-17-14-33(18(2)16-34)26(36)22-13-19(31-25(35)11-12-27(28,29)30)5-10-23(22)40-24(17)15-32(3)41(37,38)21-8-6-20(39-4)7-9-21/h5-10,13,17-18,24,34H,11-12,14-16H2,1-4H3,(H,31,35)/t17-,18-,24+/m0/s1. The number of nitrogens with zero attached hydrogens (tertiary/aromatic N) is 2. The molecule has 0 bridgehead atoms. The van der Waals surface area contributed by atoms with Crippen LogP contribution in [-0.4, -0.2) is 86.7 Å². The second kappa shape index (κ2) is 13.1. The number of aliphatic hydroxyl groups excluding tert-OH is 1. The van der Waals surface area contributed by atoms with Crippen LogP contribution in [0.2, 0.25) is 0 Å². The molecule has 2 N–H and O–H groups in total. The van der Waals surface area contributed by atoms with Gasteiger partial charge in [0.25, 0.3) is 5.91 Å². The van der Waals surface area contributed by atoms with E-state index < -0.39 is 53.0 Å². The third-order valence-electron chi connectivity index (χ3n) is 6.79. The Morgan fingerprint density at radius 3 is 2.49 bits per heavy atom. The molecule has 1 aliphatic heterocycles. The lowest BCUT2D eigenvalue weighted by molar-refractivity contribution is -0.142. The van der Waals surface area contributed by atoms with E-state index in [1.165, 1.54) is 61.5 Å². The summed E-state index contributed by atoms with van der Waals surface area (Å²) in [6.45, 7) is 3.12. The summed E-state index contributed by atoms with van der Waals surface area (Å²) < 4.78 is 76.5. The number of benzene rings is 2. The van der Waals surface area contributed by atoms with E-state index in [0.717, 1.165) is 4.31 Å². The van der Waals surface area contributed by atoms with Crippen molar-refractivity contribution < 1.29 is 45.8 Å². The molecule has 0 radical (unpaired) electrons. The maximum absolute atomic E-state index is 13.5. The molecule has 0 saturated carbocycles. The molecular formula is C27H34F3N3O7S. The number of alkyl halides is 3. The number of anilines is 1. The van der Waals surface area contributed by atoms with Gasteiger partial charge in [0.2, 0.25) is 15.9 Å². The zero-order chi connectivity index (χ0) is 30.5. The number of aliphatic hydroxyl groups is 1. The van der Waals surface area contributed by atoms with E-state index in [0.29, 0.717) is 5.75 Å². The van der Waals surface area contributed by atoms with Gasteiger partial charge in [-0.2, -0.15) is 17.5 Å². The maximum atomic E-state index is 13.5. The molecule has 0 saturated heterocycles. The minimum absolute atomic E-state index is 0.0106. The van der Waals surface area contributed by atoms with Crippen LogP contribution in [0.3, 0.4) is 0 Å². The number of hydrogen-bond donors (Lipinski definition) is 2. The number of sulfonamides is 1. The Labute approximate surface area is 237 Å². The molecule has 0 spiro atoms. The van der Waals surface area contributed by atoms with Crippen molar-refractivity contribution in [3.8, 4) is 11.5 Å². The number of methoxy groups -OCH3 is 1. The molecule has 2 aromatic carbocycles. The number of hydrogen-bond acceptors (Lipinski definition) is 7. The third-order valence-corrected chi connectivity index (χ3v) is 8.63. The van der Waals surface area contributed by atoms with E-state index in [1.807, 2.05) is 0 Å². The van der Waals surface area contributed by atoms with Crippen LogP contribution in [0.25, 0.3) is 0 Å². The Bertz CT molecular complexity index is 1340. The lowest BCUT2D eigenvalue weighted by Crippen LogP contribution is -2.50. The molecular weight excluding hydrogens is 567 g/mol. The lowest BCUT2D eigenvalue weighted by atomic mass is 9.99. The highest BCUT2D eigenvalue weighted by Gasteiger charge is 2.35. The van der Waals surface area contributed by atoms with Gasteiger partial charge in [0.1, 0.15) is 17.6 Å². The van der Waals surface area contributed by atoms with Gasteiger partial charge in [-0.15, -0.1) is 0 Å². The second-order valence-corrected chi connectivity index (χ2v) is 12.0. The first-order chi connectivity index (χ1) is 19.2. The minimum Gasteiger partial charge on any atom is -0.497 e. The molecule has 2 aromatic rings. The smallest absolute Gasteiger partial charge is 0.389 e. The fourth-order valence-electron chi connectivity index (χ4n) is 4.28. The highest BCUT2D eigenvalue weighted by molar-refractivity contribution is 7.89. The van der Waals surface area contributed by atoms with Crippen LogP contribution in [0.15, 0.2) is 47.4 Å². The van der Waals surface area contributed by atoms with Crippen molar-refractivity contribution >= 4 is 27.5 Å². The molecule has 1 heterocycles. The molecule has 0 fully saturated rings. The summed E-state index contributed by atoms with van der Waals surface area (Å²) >= 11 is 0. The van der Waals surface area contributed by atoms with Gasteiger partial charge in [-0.1, -0.05) is 6.92 Å². The zero-order valence-corrected chi connectivity index (χ0v) is 24.0. The molecule has 226 valence electrons. The van der Waals surface area contributed by atoms with E-state index in [9.17, 15) is 36.3 Å². The molecule has 2 amide bonds. The van der Waals surface area contributed by atoms with Crippen LogP contribution in [0, 0.1) is 5.92 Å². The first-order valence-electron chi connectivity index (χ1n) is 12.9. The molecule has 41 heavy (non-hydrogen) atoms. The van der Waals surface area contributed by atoms with Gasteiger partial charge in [-0.05, 0) is 49.4 Å². The van der Waals surface area contributed by atoms with Crippen LogP contribution in [0.1, 0.15) is 37.0 Å². The average molecular weight is 602 g/mol. The summed E-state index contributed by atoms with van der Waals surface area (Å²) in [5.41, 5.74) is 0.102. The van der Waals surface area contributed by atoms with E-state index in [4.69, 9.17) is 9.47 Å². The van der Waals surface area contributed by atoms with Gasteiger partial charge in [-0.3, -0.25) is 9.59 Å². The highest BCUT2D eigenvalue weighted by atomic mass is 32.2. The SMILES string of the molecule is COc1ccc(S(=O)(=O)N(C)C[C@H]2Oc3ccc(NC(=O)CCC(F)(F)F)cc3C(=O)N([C@@H](C)CO)C[C@@H]2C)cc1. The van der Waals surface area contributed by atoms with Crippen molar-refractivity contribution in [1.82, 2.24) is 9.21 Å². The van der Waals surface area contributed by atoms with Gasteiger partial charge < -0.3 is 24.8 Å². The number of nitrogens with one attached hydrogen (secondary N) is 1. The number of likely N-dealkylation sites (N-methyl/N-ethyl adjacent to an activating group) is 1. The van der Waals surface area contributed by atoms with E-state index in [1.54, 1.807) is 13.8 Å². The Hall–Kier alpha value is -3.36. The van der Waals surface area contributed by atoms with Crippen LogP contribution < -0.4 is 14.8 Å². The fraction of sp³-hybridized carbons (Fsp3) is 0.481. The highest BCUT2D eigenvalue weighted by Crippen LogP contribution is 2.31. The van der Waals surface area contributed by atoms with E-state index in [-0.39, 0.29) is 47.5 Å². The van der Waals surface area contributed by atoms with Gasteiger partial charge >= 0.3 is 6.18 Å². The Morgan fingerprint density at radius 2 is 1.90 bits per heavy atom. The molecule has 10 nitrogen and oxygen atoms in total. The predicted octanol–water partition coefficient (Wildman–Crippen LogP) is 3.52. The van der Waals surface area contributed by atoms with Gasteiger partial charge in [0.15, 0.2) is 0 Å². The van der Waals surface area contributed by atoms with Gasteiger partial charge in [0, 0.05) is 31.6 Å². The molecule has 3 rings (SSSR count). The topological polar surface area (TPSA) is 125 Å². The van der Waals surface area contributed by atoms with Crippen LogP contribution >= 0.6 is 0 Å². The molecule has 0 aromatic heterocycles. The monoisotopic (exact) mass is 601 g/mol.